The van der Waals surface area contributed by atoms with E-state index in [0.29, 0.717) is 5.95 Å². The SMILES string of the molecule is CC1CN(c2nc(N)nc3ccccc23)CCC1O. The smallest absolute Gasteiger partial charge is 0.222 e. The standard InChI is InChI=1S/C14H18N4O/c1-9-8-18(7-6-12(9)19)13-10-4-2-3-5-11(10)16-14(15)17-13/h2-5,9,12,19H,6-8H2,1H3,(H2,15,16,17). The first-order valence-corrected chi connectivity index (χ1v) is 6.60. The van der Waals surface area contributed by atoms with Crippen molar-refractivity contribution in [2.24, 2.45) is 5.92 Å². The molecule has 3 rings (SSSR count). The molecule has 1 saturated heterocycles. The normalized spacial score (nSPS) is 23.8. The molecule has 1 aliphatic heterocycles. The zero-order valence-corrected chi connectivity index (χ0v) is 11.0. The highest BCUT2D eigenvalue weighted by Gasteiger charge is 2.26. The number of nitrogen functional groups attached to an aromatic ring is 1. The molecule has 2 heterocycles. The zero-order chi connectivity index (χ0) is 13.4. The summed E-state index contributed by atoms with van der Waals surface area (Å²) in [4.78, 5) is 10.8. The van der Waals surface area contributed by atoms with Crippen molar-refractivity contribution in [3.63, 3.8) is 0 Å². The van der Waals surface area contributed by atoms with Gasteiger partial charge in [-0.15, -0.1) is 0 Å². The number of hydrogen-bond acceptors (Lipinski definition) is 5. The number of aliphatic hydroxyl groups excluding tert-OH is 1. The molecule has 0 radical (unpaired) electrons. The fraction of sp³-hybridized carbons (Fsp3) is 0.429. The topological polar surface area (TPSA) is 75.3 Å². The van der Waals surface area contributed by atoms with Gasteiger partial charge < -0.3 is 15.7 Å². The van der Waals surface area contributed by atoms with Crippen molar-refractivity contribution in [1.82, 2.24) is 9.97 Å². The van der Waals surface area contributed by atoms with E-state index >= 15 is 0 Å². The summed E-state index contributed by atoms with van der Waals surface area (Å²) in [6.07, 6.45) is 0.543. The average Bonchev–Trinajstić information content (AvgIpc) is 2.41. The summed E-state index contributed by atoms with van der Waals surface area (Å²) in [5.74, 6) is 1.41. The minimum absolute atomic E-state index is 0.221. The summed E-state index contributed by atoms with van der Waals surface area (Å²) in [5, 5.41) is 10.8. The first kappa shape index (κ1) is 12.2. The molecule has 0 spiro atoms. The average molecular weight is 258 g/mol. The van der Waals surface area contributed by atoms with Crippen LogP contribution in [0.3, 0.4) is 0 Å². The Labute approximate surface area is 112 Å². The highest BCUT2D eigenvalue weighted by atomic mass is 16.3. The van der Waals surface area contributed by atoms with Crippen LogP contribution in [0.1, 0.15) is 13.3 Å². The van der Waals surface area contributed by atoms with E-state index in [0.717, 1.165) is 36.2 Å². The molecule has 5 heteroatoms. The number of para-hydroxylation sites is 1. The molecule has 1 aliphatic rings. The number of anilines is 2. The Kier molecular flexibility index (Phi) is 2.98. The fourth-order valence-corrected chi connectivity index (χ4v) is 2.64. The first-order chi connectivity index (χ1) is 9.15. The molecule has 2 unspecified atom stereocenters. The van der Waals surface area contributed by atoms with Gasteiger partial charge in [-0.05, 0) is 24.5 Å². The van der Waals surface area contributed by atoms with Gasteiger partial charge in [0.25, 0.3) is 0 Å². The minimum atomic E-state index is -0.221. The number of piperidine rings is 1. The molecule has 2 aromatic rings. The molecule has 2 atom stereocenters. The summed E-state index contributed by atoms with van der Waals surface area (Å²) in [5.41, 5.74) is 6.66. The van der Waals surface area contributed by atoms with E-state index < -0.39 is 0 Å². The Bertz CT molecular complexity index is 601. The van der Waals surface area contributed by atoms with Gasteiger partial charge in [0.1, 0.15) is 5.82 Å². The monoisotopic (exact) mass is 258 g/mol. The molecular weight excluding hydrogens is 240 g/mol. The summed E-state index contributed by atoms with van der Waals surface area (Å²) in [7, 11) is 0. The number of rotatable bonds is 1. The molecule has 0 amide bonds. The Hall–Kier alpha value is -1.88. The maximum absolute atomic E-state index is 9.83. The van der Waals surface area contributed by atoms with Gasteiger partial charge in [-0.25, -0.2) is 4.98 Å². The van der Waals surface area contributed by atoms with E-state index in [1.54, 1.807) is 0 Å². The fourth-order valence-electron chi connectivity index (χ4n) is 2.64. The van der Waals surface area contributed by atoms with Crippen molar-refractivity contribution in [3.8, 4) is 0 Å². The molecule has 0 bridgehead atoms. The number of aromatic nitrogens is 2. The lowest BCUT2D eigenvalue weighted by atomic mass is 9.96. The number of nitrogens with zero attached hydrogens (tertiary/aromatic N) is 3. The molecule has 1 aromatic heterocycles. The lowest BCUT2D eigenvalue weighted by molar-refractivity contribution is 0.0970. The van der Waals surface area contributed by atoms with Gasteiger partial charge >= 0.3 is 0 Å². The molecule has 100 valence electrons. The quantitative estimate of drug-likeness (QED) is 0.809. The van der Waals surface area contributed by atoms with E-state index in [-0.39, 0.29) is 12.0 Å². The maximum Gasteiger partial charge on any atom is 0.222 e. The van der Waals surface area contributed by atoms with Crippen LogP contribution in [0.15, 0.2) is 24.3 Å². The van der Waals surface area contributed by atoms with Gasteiger partial charge in [-0.1, -0.05) is 19.1 Å². The zero-order valence-electron chi connectivity index (χ0n) is 11.0. The summed E-state index contributed by atoms with van der Waals surface area (Å²) in [6, 6.07) is 7.88. The number of aliphatic hydroxyl groups is 1. The summed E-state index contributed by atoms with van der Waals surface area (Å²) >= 11 is 0. The Morgan fingerprint density at radius 3 is 2.89 bits per heavy atom. The van der Waals surface area contributed by atoms with Crippen LogP contribution in [0, 0.1) is 5.92 Å². The highest BCUT2D eigenvalue weighted by molar-refractivity contribution is 5.90. The van der Waals surface area contributed by atoms with Gasteiger partial charge in [0, 0.05) is 18.5 Å². The number of fused-ring (bicyclic) bond motifs is 1. The van der Waals surface area contributed by atoms with E-state index in [9.17, 15) is 5.11 Å². The van der Waals surface area contributed by atoms with Crippen molar-refractivity contribution in [1.29, 1.82) is 0 Å². The Morgan fingerprint density at radius 1 is 1.32 bits per heavy atom. The molecule has 1 fully saturated rings. The molecule has 19 heavy (non-hydrogen) atoms. The van der Waals surface area contributed by atoms with Crippen molar-refractivity contribution in [3.05, 3.63) is 24.3 Å². The van der Waals surface area contributed by atoms with Gasteiger partial charge in [-0.2, -0.15) is 4.98 Å². The van der Waals surface area contributed by atoms with Crippen molar-refractivity contribution < 1.29 is 5.11 Å². The van der Waals surface area contributed by atoms with Gasteiger partial charge in [0.15, 0.2) is 0 Å². The Morgan fingerprint density at radius 2 is 2.11 bits per heavy atom. The number of benzene rings is 1. The minimum Gasteiger partial charge on any atom is -0.393 e. The van der Waals surface area contributed by atoms with Crippen LogP contribution in [0.5, 0.6) is 0 Å². The van der Waals surface area contributed by atoms with E-state index in [2.05, 4.69) is 21.8 Å². The second-order valence-corrected chi connectivity index (χ2v) is 5.20. The first-order valence-electron chi connectivity index (χ1n) is 6.60. The Balaban J connectivity index is 2.05. The van der Waals surface area contributed by atoms with E-state index in [4.69, 9.17) is 5.73 Å². The highest BCUT2D eigenvalue weighted by Crippen LogP contribution is 2.28. The summed E-state index contributed by atoms with van der Waals surface area (Å²) < 4.78 is 0. The van der Waals surface area contributed by atoms with Crippen LogP contribution >= 0.6 is 0 Å². The number of hydrogen-bond donors (Lipinski definition) is 2. The van der Waals surface area contributed by atoms with Crippen LogP contribution in [-0.2, 0) is 0 Å². The molecule has 3 N–H and O–H groups in total. The predicted molar refractivity (Wildman–Crippen MR) is 76.0 cm³/mol. The lowest BCUT2D eigenvalue weighted by Crippen LogP contribution is -2.42. The lowest BCUT2D eigenvalue weighted by Gasteiger charge is -2.35. The van der Waals surface area contributed by atoms with Crippen LogP contribution in [-0.4, -0.2) is 34.3 Å². The number of nitrogens with two attached hydrogens (primary N) is 1. The van der Waals surface area contributed by atoms with Crippen LogP contribution < -0.4 is 10.6 Å². The molecule has 0 aliphatic carbocycles. The largest absolute Gasteiger partial charge is 0.393 e. The van der Waals surface area contributed by atoms with Gasteiger partial charge in [0.2, 0.25) is 5.95 Å². The van der Waals surface area contributed by atoms with Crippen molar-refractivity contribution in [2.45, 2.75) is 19.4 Å². The van der Waals surface area contributed by atoms with Gasteiger partial charge in [0.05, 0.1) is 11.6 Å². The third-order valence-electron chi connectivity index (χ3n) is 3.76. The van der Waals surface area contributed by atoms with Crippen LogP contribution in [0.4, 0.5) is 11.8 Å². The third kappa shape index (κ3) is 2.21. The molecule has 0 saturated carbocycles. The summed E-state index contributed by atoms with van der Waals surface area (Å²) in [6.45, 7) is 3.65. The van der Waals surface area contributed by atoms with Crippen molar-refractivity contribution >= 4 is 22.7 Å². The second-order valence-electron chi connectivity index (χ2n) is 5.20. The molecular formula is C14H18N4O. The second kappa shape index (κ2) is 4.66. The van der Waals surface area contributed by atoms with Crippen molar-refractivity contribution in [2.75, 3.05) is 23.7 Å². The van der Waals surface area contributed by atoms with Gasteiger partial charge in [-0.3, -0.25) is 0 Å². The molecule has 1 aromatic carbocycles. The van der Waals surface area contributed by atoms with E-state index in [1.165, 1.54) is 0 Å². The van der Waals surface area contributed by atoms with E-state index in [1.807, 2.05) is 24.3 Å². The molecule has 5 nitrogen and oxygen atoms in total. The predicted octanol–water partition coefficient (Wildman–Crippen LogP) is 1.42. The van der Waals surface area contributed by atoms with Crippen LogP contribution in [0.2, 0.25) is 0 Å². The van der Waals surface area contributed by atoms with Crippen LogP contribution in [0.25, 0.3) is 10.9 Å². The third-order valence-corrected chi connectivity index (χ3v) is 3.76. The maximum atomic E-state index is 9.83.